The Bertz CT molecular complexity index is 495. The molecule has 2 N–H and O–H groups in total. The molecule has 96 valence electrons. The van der Waals surface area contributed by atoms with Crippen LogP contribution in [0.2, 0.25) is 0 Å². The first-order valence-electron chi connectivity index (χ1n) is 6.12. The van der Waals surface area contributed by atoms with Gasteiger partial charge in [0, 0.05) is 17.9 Å². The van der Waals surface area contributed by atoms with E-state index < -0.39 is 0 Å². The fourth-order valence-electron chi connectivity index (χ4n) is 1.62. The van der Waals surface area contributed by atoms with Crippen molar-refractivity contribution in [1.29, 1.82) is 0 Å². The monoisotopic (exact) mass is 246 g/mol. The van der Waals surface area contributed by atoms with Gasteiger partial charge in [0.15, 0.2) is 5.82 Å². The Morgan fingerprint density at radius 2 is 2.22 bits per heavy atom. The second kappa shape index (κ2) is 6.16. The van der Waals surface area contributed by atoms with Crippen molar-refractivity contribution in [3.8, 4) is 11.4 Å². The molecule has 2 rings (SSSR count). The first-order valence-corrected chi connectivity index (χ1v) is 6.12. The van der Waals surface area contributed by atoms with Gasteiger partial charge in [0.2, 0.25) is 0 Å². The molecule has 0 bridgehead atoms. The first-order chi connectivity index (χ1) is 8.79. The van der Waals surface area contributed by atoms with Gasteiger partial charge in [-0.05, 0) is 18.6 Å². The predicted octanol–water partition coefficient (Wildman–Crippen LogP) is 1.95. The van der Waals surface area contributed by atoms with Gasteiger partial charge in [-0.25, -0.2) is 4.98 Å². The highest BCUT2D eigenvalue weighted by atomic mass is 16.5. The largest absolute Gasteiger partial charge is 0.399 e. The average molecular weight is 246 g/mol. The Labute approximate surface area is 107 Å². The van der Waals surface area contributed by atoms with Crippen molar-refractivity contribution in [3.63, 3.8) is 0 Å². The van der Waals surface area contributed by atoms with Gasteiger partial charge in [-0.3, -0.25) is 4.68 Å². The standard InChI is InChI=1S/C13H18N4O/c1-2-7-18-8-6-17-10-15-13(16-17)11-4-3-5-12(14)9-11/h3-5,9-10H,2,6-8,14H2,1H3. The van der Waals surface area contributed by atoms with Crippen molar-refractivity contribution in [3.05, 3.63) is 30.6 Å². The number of hydrogen-bond acceptors (Lipinski definition) is 4. The van der Waals surface area contributed by atoms with Gasteiger partial charge in [0.05, 0.1) is 13.2 Å². The topological polar surface area (TPSA) is 66.0 Å². The molecule has 18 heavy (non-hydrogen) atoms. The van der Waals surface area contributed by atoms with Crippen LogP contribution in [-0.2, 0) is 11.3 Å². The van der Waals surface area contributed by atoms with Gasteiger partial charge in [-0.1, -0.05) is 19.1 Å². The van der Waals surface area contributed by atoms with E-state index in [1.807, 2.05) is 24.3 Å². The Morgan fingerprint density at radius 1 is 1.33 bits per heavy atom. The third-order valence-electron chi connectivity index (χ3n) is 2.49. The summed E-state index contributed by atoms with van der Waals surface area (Å²) in [5.41, 5.74) is 7.39. The minimum Gasteiger partial charge on any atom is -0.399 e. The van der Waals surface area contributed by atoms with Crippen LogP contribution in [0.25, 0.3) is 11.4 Å². The lowest BCUT2D eigenvalue weighted by Gasteiger charge is -2.01. The highest BCUT2D eigenvalue weighted by molar-refractivity contribution is 5.60. The summed E-state index contributed by atoms with van der Waals surface area (Å²) in [4.78, 5) is 4.27. The number of nitrogens with zero attached hydrogens (tertiary/aromatic N) is 3. The third kappa shape index (κ3) is 3.30. The van der Waals surface area contributed by atoms with Gasteiger partial charge in [0.25, 0.3) is 0 Å². The highest BCUT2D eigenvalue weighted by Gasteiger charge is 2.04. The fraction of sp³-hybridized carbons (Fsp3) is 0.385. The van der Waals surface area contributed by atoms with E-state index in [1.54, 1.807) is 11.0 Å². The first kappa shape index (κ1) is 12.6. The molecule has 1 heterocycles. The minimum atomic E-state index is 0.660. The summed E-state index contributed by atoms with van der Waals surface area (Å²) in [6, 6.07) is 7.56. The van der Waals surface area contributed by atoms with E-state index in [4.69, 9.17) is 10.5 Å². The van der Waals surface area contributed by atoms with Crippen LogP contribution < -0.4 is 5.73 Å². The van der Waals surface area contributed by atoms with Crippen molar-refractivity contribution < 1.29 is 4.74 Å². The number of ether oxygens (including phenoxy) is 1. The Morgan fingerprint density at radius 3 is 3.00 bits per heavy atom. The Hall–Kier alpha value is -1.88. The van der Waals surface area contributed by atoms with Crippen LogP contribution in [0.1, 0.15) is 13.3 Å². The number of nitrogens with two attached hydrogens (primary N) is 1. The molecule has 0 aliphatic heterocycles. The summed E-state index contributed by atoms with van der Waals surface area (Å²) < 4.78 is 7.20. The third-order valence-corrected chi connectivity index (χ3v) is 2.49. The van der Waals surface area contributed by atoms with Crippen LogP contribution >= 0.6 is 0 Å². The van der Waals surface area contributed by atoms with Gasteiger partial charge in [0.1, 0.15) is 6.33 Å². The number of anilines is 1. The summed E-state index contributed by atoms with van der Waals surface area (Å²) in [6.07, 6.45) is 2.75. The molecule has 2 aromatic rings. The van der Waals surface area contributed by atoms with Crippen LogP contribution in [0.5, 0.6) is 0 Å². The van der Waals surface area contributed by atoms with Crippen LogP contribution in [0, 0.1) is 0 Å². The van der Waals surface area contributed by atoms with E-state index in [0.717, 1.165) is 30.8 Å². The maximum atomic E-state index is 5.73. The highest BCUT2D eigenvalue weighted by Crippen LogP contribution is 2.16. The van der Waals surface area contributed by atoms with E-state index in [9.17, 15) is 0 Å². The molecule has 0 unspecified atom stereocenters. The molecule has 1 aromatic heterocycles. The number of rotatable bonds is 6. The van der Waals surface area contributed by atoms with Gasteiger partial charge in [-0.15, -0.1) is 0 Å². The second-order valence-corrected chi connectivity index (χ2v) is 4.07. The van der Waals surface area contributed by atoms with Crippen molar-refractivity contribution in [2.45, 2.75) is 19.9 Å². The quantitative estimate of drug-likeness (QED) is 0.625. The van der Waals surface area contributed by atoms with Crippen LogP contribution in [0.15, 0.2) is 30.6 Å². The molecule has 0 saturated carbocycles. The van der Waals surface area contributed by atoms with Gasteiger partial charge in [-0.2, -0.15) is 5.10 Å². The van der Waals surface area contributed by atoms with E-state index in [0.29, 0.717) is 12.4 Å². The molecular weight excluding hydrogens is 228 g/mol. The zero-order chi connectivity index (χ0) is 12.8. The molecule has 0 fully saturated rings. The summed E-state index contributed by atoms with van der Waals surface area (Å²) >= 11 is 0. The predicted molar refractivity (Wildman–Crippen MR) is 71.0 cm³/mol. The number of aromatic nitrogens is 3. The molecule has 0 saturated heterocycles. The molecule has 0 aliphatic carbocycles. The molecular formula is C13H18N4O. The Balaban J connectivity index is 1.97. The molecule has 0 amide bonds. The normalized spacial score (nSPS) is 10.7. The second-order valence-electron chi connectivity index (χ2n) is 4.07. The maximum absolute atomic E-state index is 5.73. The van der Waals surface area contributed by atoms with Crippen molar-refractivity contribution in [2.75, 3.05) is 18.9 Å². The number of hydrogen-bond donors (Lipinski definition) is 1. The lowest BCUT2D eigenvalue weighted by Crippen LogP contribution is -2.07. The lowest BCUT2D eigenvalue weighted by atomic mass is 10.2. The summed E-state index contributed by atoms with van der Waals surface area (Å²) in [6.45, 7) is 4.26. The van der Waals surface area contributed by atoms with E-state index in [-0.39, 0.29) is 0 Å². The summed E-state index contributed by atoms with van der Waals surface area (Å²) in [5, 5.41) is 4.39. The summed E-state index contributed by atoms with van der Waals surface area (Å²) in [7, 11) is 0. The van der Waals surface area contributed by atoms with Crippen molar-refractivity contribution >= 4 is 5.69 Å². The average Bonchev–Trinajstić information content (AvgIpc) is 2.83. The van der Waals surface area contributed by atoms with E-state index >= 15 is 0 Å². The molecule has 5 heteroatoms. The molecule has 0 radical (unpaired) electrons. The Kier molecular flexibility index (Phi) is 4.30. The number of nitrogen functional groups attached to an aromatic ring is 1. The van der Waals surface area contributed by atoms with E-state index in [1.165, 1.54) is 0 Å². The van der Waals surface area contributed by atoms with Crippen LogP contribution in [-0.4, -0.2) is 28.0 Å². The fourth-order valence-corrected chi connectivity index (χ4v) is 1.62. The molecule has 1 aromatic carbocycles. The van der Waals surface area contributed by atoms with E-state index in [2.05, 4.69) is 17.0 Å². The SMILES string of the molecule is CCCOCCn1cnc(-c2cccc(N)c2)n1. The zero-order valence-electron chi connectivity index (χ0n) is 10.5. The zero-order valence-corrected chi connectivity index (χ0v) is 10.5. The number of benzene rings is 1. The van der Waals surface area contributed by atoms with Crippen molar-refractivity contribution in [2.24, 2.45) is 0 Å². The van der Waals surface area contributed by atoms with Crippen LogP contribution in [0.4, 0.5) is 5.69 Å². The van der Waals surface area contributed by atoms with Crippen LogP contribution in [0.3, 0.4) is 0 Å². The maximum Gasteiger partial charge on any atom is 0.181 e. The molecule has 0 atom stereocenters. The van der Waals surface area contributed by atoms with Gasteiger partial charge < -0.3 is 10.5 Å². The lowest BCUT2D eigenvalue weighted by molar-refractivity contribution is 0.124. The van der Waals surface area contributed by atoms with Gasteiger partial charge >= 0.3 is 0 Å². The molecule has 0 aliphatic rings. The minimum absolute atomic E-state index is 0.660. The van der Waals surface area contributed by atoms with Crippen molar-refractivity contribution in [1.82, 2.24) is 14.8 Å². The smallest absolute Gasteiger partial charge is 0.181 e. The molecule has 0 spiro atoms. The summed E-state index contributed by atoms with van der Waals surface area (Å²) in [5.74, 6) is 0.692. The molecule has 5 nitrogen and oxygen atoms in total.